The zero-order valence-corrected chi connectivity index (χ0v) is 15.2. The van der Waals surface area contributed by atoms with Gasteiger partial charge in [-0.2, -0.15) is 0 Å². The molecular weight excluding hydrogens is 272 g/mol. The predicted octanol–water partition coefficient (Wildman–Crippen LogP) is 6.44. The lowest BCUT2D eigenvalue weighted by Gasteiger charge is -2.04. The summed E-state index contributed by atoms with van der Waals surface area (Å²) in [5.41, 5.74) is 0. The highest BCUT2D eigenvalue weighted by Crippen LogP contribution is 2.11. The summed E-state index contributed by atoms with van der Waals surface area (Å²) in [4.78, 5) is 11.5. The molecule has 0 spiro atoms. The molecule has 0 aliphatic heterocycles. The fourth-order valence-corrected chi connectivity index (χ4v) is 2.44. The first-order valence-corrected chi connectivity index (χ1v) is 9.47. The lowest BCUT2D eigenvalue weighted by Crippen LogP contribution is -2.04. The standard InChI is InChI=1S/C20H38O2/c1-4-5-6-7-8-12-15-18-22-20(21)17-14-11-9-10-13-16-19(2)3/h12,15,19H,4-11,13-14,16-18H2,1-3H3/b15-12-. The molecule has 0 rings (SSSR count). The van der Waals surface area contributed by atoms with E-state index in [1.807, 2.05) is 6.08 Å². The van der Waals surface area contributed by atoms with Crippen LogP contribution in [0.1, 0.15) is 97.8 Å². The van der Waals surface area contributed by atoms with Gasteiger partial charge in [0.1, 0.15) is 6.61 Å². The molecule has 0 aliphatic carbocycles. The fraction of sp³-hybridized carbons (Fsp3) is 0.850. The van der Waals surface area contributed by atoms with Gasteiger partial charge in [0, 0.05) is 6.42 Å². The number of unbranched alkanes of at least 4 members (excludes halogenated alkanes) is 8. The Balaban J connectivity index is 3.27. The number of hydrogen-bond acceptors (Lipinski definition) is 2. The van der Waals surface area contributed by atoms with Crippen LogP contribution in [0.2, 0.25) is 0 Å². The lowest BCUT2D eigenvalue weighted by atomic mass is 10.0. The Morgan fingerprint density at radius 2 is 1.59 bits per heavy atom. The third-order valence-electron chi connectivity index (χ3n) is 3.89. The Hall–Kier alpha value is -0.790. The van der Waals surface area contributed by atoms with Crippen molar-refractivity contribution in [2.75, 3.05) is 6.61 Å². The van der Waals surface area contributed by atoms with Crippen molar-refractivity contribution in [3.05, 3.63) is 12.2 Å². The number of rotatable bonds is 15. The molecule has 0 fully saturated rings. The first-order valence-electron chi connectivity index (χ1n) is 9.47. The van der Waals surface area contributed by atoms with Crippen LogP contribution in [-0.4, -0.2) is 12.6 Å². The summed E-state index contributed by atoms with van der Waals surface area (Å²) in [6, 6.07) is 0. The van der Waals surface area contributed by atoms with E-state index in [0.717, 1.165) is 25.2 Å². The zero-order valence-electron chi connectivity index (χ0n) is 15.2. The summed E-state index contributed by atoms with van der Waals surface area (Å²) >= 11 is 0. The molecule has 0 radical (unpaired) electrons. The molecule has 2 nitrogen and oxygen atoms in total. The molecular formula is C20H38O2. The fourth-order valence-electron chi connectivity index (χ4n) is 2.44. The van der Waals surface area contributed by atoms with E-state index in [4.69, 9.17) is 4.74 Å². The van der Waals surface area contributed by atoms with E-state index < -0.39 is 0 Å². The van der Waals surface area contributed by atoms with Gasteiger partial charge >= 0.3 is 5.97 Å². The van der Waals surface area contributed by atoms with Gasteiger partial charge in [0.2, 0.25) is 0 Å². The SMILES string of the molecule is CCCCCC/C=C\COC(=O)CCCCCCCC(C)C. The maximum absolute atomic E-state index is 11.5. The molecule has 2 heteroatoms. The van der Waals surface area contributed by atoms with E-state index in [2.05, 4.69) is 26.8 Å². The van der Waals surface area contributed by atoms with Crippen LogP contribution in [0.3, 0.4) is 0 Å². The van der Waals surface area contributed by atoms with Crippen LogP contribution in [0.15, 0.2) is 12.2 Å². The van der Waals surface area contributed by atoms with Crippen molar-refractivity contribution in [2.24, 2.45) is 5.92 Å². The molecule has 0 atom stereocenters. The van der Waals surface area contributed by atoms with Crippen LogP contribution in [0.4, 0.5) is 0 Å². The highest BCUT2D eigenvalue weighted by molar-refractivity contribution is 5.69. The normalized spacial score (nSPS) is 11.5. The van der Waals surface area contributed by atoms with Crippen molar-refractivity contribution in [1.82, 2.24) is 0 Å². The number of carbonyl (C=O) groups excluding carboxylic acids is 1. The first-order chi connectivity index (χ1) is 10.7. The molecule has 0 aromatic carbocycles. The molecule has 0 N–H and O–H groups in total. The quantitative estimate of drug-likeness (QED) is 0.197. The third-order valence-corrected chi connectivity index (χ3v) is 3.89. The monoisotopic (exact) mass is 310 g/mol. The number of hydrogen-bond donors (Lipinski definition) is 0. The second kappa shape index (κ2) is 16.6. The topological polar surface area (TPSA) is 26.3 Å². The predicted molar refractivity (Wildman–Crippen MR) is 96.0 cm³/mol. The van der Waals surface area contributed by atoms with Gasteiger partial charge in [-0.3, -0.25) is 4.79 Å². The molecule has 22 heavy (non-hydrogen) atoms. The van der Waals surface area contributed by atoms with Crippen molar-refractivity contribution in [1.29, 1.82) is 0 Å². The maximum atomic E-state index is 11.5. The Morgan fingerprint density at radius 3 is 2.32 bits per heavy atom. The van der Waals surface area contributed by atoms with Crippen molar-refractivity contribution >= 4 is 5.97 Å². The summed E-state index contributed by atoms with van der Waals surface area (Å²) < 4.78 is 5.20. The van der Waals surface area contributed by atoms with Gasteiger partial charge < -0.3 is 4.74 Å². The van der Waals surface area contributed by atoms with Gasteiger partial charge in [-0.1, -0.05) is 84.3 Å². The van der Waals surface area contributed by atoms with Crippen molar-refractivity contribution in [2.45, 2.75) is 97.8 Å². The molecule has 0 saturated heterocycles. The molecule has 130 valence electrons. The molecule has 0 saturated carbocycles. The molecule has 0 heterocycles. The van der Waals surface area contributed by atoms with Crippen LogP contribution >= 0.6 is 0 Å². The molecule has 0 aliphatic rings. The van der Waals surface area contributed by atoms with Crippen LogP contribution in [0, 0.1) is 5.92 Å². The number of carbonyl (C=O) groups is 1. The van der Waals surface area contributed by atoms with Crippen LogP contribution in [-0.2, 0) is 9.53 Å². The average Bonchev–Trinajstić information content (AvgIpc) is 2.48. The van der Waals surface area contributed by atoms with Gasteiger partial charge in [-0.25, -0.2) is 0 Å². The Labute approximate surface area is 138 Å². The molecule has 0 bridgehead atoms. The maximum Gasteiger partial charge on any atom is 0.306 e. The Kier molecular flexibility index (Phi) is 16.0. The van der Waals surface area contributed by atoms with E-state index in [0.29, 0.717) is 13.0 Å². The second-order valence-electron chi connectivity index (χ2n) is 6.70. The van der Waals surface area contributed by atoms with Crippen molar-refractivity contribution in [3.63, 3.8) is 0 Å². The molecule has 0 aromatic heterocycles. The van der Waals surface area contributed by atoms with Crippen LogP contribution in [0.5, 0.6) is 0 Å². The van der Waals surface area contributed by atoms with E-state index in [1.165, 1.54) is 51.4 Å². The minimum absolute atomic E-state index is 0.0437. The first kappa shape index (κ1) is 21.2. The third kappa shape index (κ3) is 17.3. The van der Waals surface area contributed by atoms with Gasteiger partial charge in [0.25, 0.3) is 0 Å². The smallest absolute Gasteiger partial charge is 0.306 e. The summed E-state index contributed by atoms with van der Waals surface area (Å²) in [5, 5.41) is 0. The number of ether oxygens (including phenoxy) is 1. The minimum Gasteiger partial charge on any atom is -0.461 e. The minimum atomic E-state index is -0.0437. The summed E-state index contributed by atoms with van der Waals surface area (Å²) in [5.74, 6) is 0.771. The van der Waals surface area contributed by atoms with Gasteiger partial charge in [-0.05, 0) is 25.2 Å². The van der Waals surface area contributed by atoms with E-state index >= 15 is 0 Å². The lowest BCUT2D eigenvalue weighted by molar-refractivity contribution is -0.142. The highest BCUT2D eigenvalue weighted by atomic mass is 16.5. The molecule has 0 unspecified atom stereocenters. The summed E-state index contributed by atoms with van der Waals surface area (Å²) in [7, 11) is 0. The van der Waals surface area contributed by atoms with Gasteiger partial charge in [0.05, 0.1) is 0 Å². The second-order valence-corrected chi connectivity index (χ2v) is 6.70. The number of esters is 1. The molecule has 0 aromatic rings. The summed E-state index contributed by atoms with van der Waals surface area (Å²) in [6.07, 6.45) is 18.3. The largest absolute Gasteiger partial charge is 0.461 e. The van der Waals surface area contributed by atoms with Crippen molar-refractivity contribution < 1.29 is 9.53 Å². The van der Waals surface area contributed by atoms with Gasteiger partial charge in [0.15, 0.2) is 0 Å². The van der Waals surface area contributed by atoms with Crippen molar-refractivity contribution in [3.8, 4) is 0 Å². The number of allylic oxidation sites excluding steroid dienone is 1. The van der Waals surface area contributed by atoms with Gasteiger partial charge in [-0.15, -0.1) is 0 Å². The van der Waals surface area contributed by atoms with Crippen LogP contribution in [0.25, 0.3) is 0 Å². The zero-order chi connectivity index (χ0) is 16.5. The Bertz CT molecular complexity index is 269. The average molecular weight is 311 g/mol. The van der Waals surface area contributed by atoms with E-state index in [-0.39, 0.29) is 5.97 Å². The van der Waals surface area contributed by atoms with E-state index in [9.17, 15) is 4.79 Å². The highest BCUT2D eigenvalue weighted by Gasteiger charge is 2.01. The Morgan fingerprint density at radius 1 is 0.909 bits per heavy atom. The van der Waals surface area contributed by atoms with Crippen LogP contribution < -0.4 is 0 Å². The molecule has 0 amide bonds. The van der Waals surface area contributed by atoms with E-state index in [1.54, 1.807) is 0 Å². The summed E-state index contributed by atoms with van der Waals surface area (Å²) in [6.45, 7) is 7.22.